The molecule has 0 bridgehead atoms. The Bertz CT molecular complexity index is 419. The molecule has 0 radical (unpaired) electrons. The van der Waals surface area contributed by atoms with Crippen LogP contribution in [0.5, 0.6) is 0 Å². The second-order valence-corrected chi connectivity index (χ2v) is 5.46. The SMILES string of the molecule is Cc1ccc(C(=O)CNC2CCCCC2)c(C)c1. The highest BCUT2D eigenvalue weighted by molar-refractivity contribution is 5.98. The Hall–Kier alpha value is -1.15. The van der Waals surface area contributed by atoms with Crippen LogP contribution >= 0.6 is 0 Å². The van der Waals surface area contributed by atoms with E-state index in [9.17, 15) is 4.79 Å². The van der Waals surface area contributed by atoms with Crippen molar-refractivity contribution < 1.29 is 4.79 Å². The summed E-state index contributed by atoms with van der Waals surface area (Å²) in [7, 11) is 0. The van der Waals surface area contributed by atoms with Crippen LogP contribution in [0.25, 0.3) is 0 Å². The van der Waals surface area contributed by atoms with Gasteiger partial charge in [0.15, 0.2) is 5.78 Å². The van der Waals surface area contributed by atoms with Gasteiger partial charge in [0.05, 0.1) is 6.54 Å². The molecule has 0 atom stereocenters. The van der Waals surface area contributed by atoms with Crippen LogP contribution < -0.4 is 5.32 Å². The second-order valence-electron chi connectivity index (χ2n) is 5.46. The standard InChI is InChI=1S/C16H23NO/c1-12-8-9-15(13(2)10-12)16(18)11-17-14-6-4-3-5-7-14/h8-10,14,17H,3-7,11H2,1-2H3. The third-order valence-corrected chi connectivity index (χ3v) is 3.84. The maximum atomic E-state index is 12.2. The summed E-state index contributed by atoms with van der Waals surface area (Å²) in [4.78, 5) is 12.2. The van der Waals surface area contributed by atoms with Gasteiger partial charge in [-0.3, -0.25) is 4.79 Å². The first-order valence-electron chi connectivity index (χ1n) is 7.00. The Morgan fingerprint density at radius 1 is 1.22 bits per heavy atom. The minimum atomic E-state index is 0.220. The summed E-state index contributed by atoms with van der Waals surface area (Å²) >= 11 is 0. The molecule has 1 fully saturated rings. The molecule has 2 nitrogen and oxygen atoms in total. The van der Waals surface area contributed by atoms with E-state index in [2.05, 4.69) is 18.3 Å². The summed E-state index contributed by atoms with van der Waals surface area (Å²) < 4.78 is 0. The van der Waals surface area contributed by atoms with Crippen LogP contribution in [-0.4, -0.2) is 18.4 Å². The lowest BCUT2D eigenvalue weighted by Crippen LogP contribution is -2.35. The number of nitrogens with one attached hydrogen (secondary N) is 1. The molecular formula is C16H23NO. The second kappa shape index (κ2) is 6.14. The normalized spacial score (nSPS) is 16.8. The van der Waals surface area contributed by atoms with Crippen LogP contribution in [0.4, 0.5) is 0 Å². The van der Waals surface area contributed by atoms with Gasteiger partial charge < -0.3 is 5.32 Å². The zero-order valence-electron chi connectivity index (χ0n) is 11.5. The van der Waals surface area contributed by atoms with E-state index < -0.39 is 0 Å². The van der Waals surface area contributed by atoms with Crippen molar-refractivity contribution >= 4 is 5.78 Å². The topological polar surface area (TPSA) is 29.1 Å². The fourth-order valence-corrected chi connectivity index (χ4v) is 2.77. The molecule has 0 amide bonds. The molecule has 1 saturated carbocycles. The number of benzene rings is 1. The van der Waals surface area contributed by atoms with E-state index in [1.807, 2.05) is 19.1 Å². The number of hydrogen-bond acceptors (Lipinski definition) is 2. The minimum Gasteiger partial charge on any atom is -0.307 e. The van der Waals surface area contributed by atoms with Crippen LogP contribution in [0.3, 0.4) is 0 Å². The van der Waals surface area contributed by atoms with E-state index in [0.717, 1.165) is 11.1 Å². The van der Waals surface area contributed by atoms with Gasteiger partial charge in [-0.25, -0.2) is 0 Å². The largest absolute Gasteiger partial charge is 0.307 e. The molecule has 0 spiro atoms. The molecule has 2 rings (SSSR count). The van der Waals surface area contributed by atoms with Crippen LogP contribution in [0.2, 0.25) is 0 Å². The van der Waals surface area contributed by atoms with E-state index in [1.165, 1.54) is 37.7 Å². The van der Waals surface area contributed by atoms with Gasteiger partial charge in [0.25, 0.3) is 0 Å². The molecular weight excluding hydrogens is 222 g/mol. The molecule has 2 heteroatoms. The van der Waals surface area contributed by atoms with Gasteiger partial charge in [-0.2, -0.15) is 0 Å². The number of hydrogen-bond donors (Lipinski definition) is 1. The Kier molecular flexibility index (Phi) is 4.54. The molecule has 1 aromatic rings. The number of Topliss-reactive ketones (excluding diaryl/α,β-unsaturated/α-hetero) is 1. The van der Waals surface area contributed by atoms with Crippen molar-refractivity contribution in [2.24, 2.45) is 0 Å². The lowest BCUT2D eigenvalue weighted by molar-refractivity contribution is 0.0984. The number of carbonyl (C=O) groups is 1. The van der Waals surface area contributed by atoms with Crippen LogP contribution in [0.1, 0.15) is 53.6 Å². The minimum absolute atomic E-state index is 0.220. The smallest absolute Gasteiger partial charge is 0.176 e. The molecule has 0 unspecified atom stereocenters. The summed E-state index contributed by atoms with van der Waals surface area (Å²) in [6.07, 6.45) is 6.40. The summed E-state index contributed by atoms with van der Waals surface area (Å²) in [5.74, 6) is 0.220. The third kappa shape index (κ3) is 3.42. The van der Waals surface area contributed by atoms with Gasteiger partial charge in [-0.15, -0.1) is 0 Å². The zero-order valence-corrected chi connectivity index (χ0v) is 11.5. The number of carbonyl (C=O) groups excluding carboxylic acids is 1. The maximum absolute atomic E-state index is 12.2. The molecule has 98 valence electrons. The quantitative estimate of drug-likeness (QED) is 0.824. The van der Waals surface area contributed by atoms with Gasteiger partial charge in [-0.05, 0) is 32.3 Å². The summed E-state index contributed by atoms with van der Waals surface area (Å²) in [5, 5.41) is 3.41. The highest BCUT2D eigenvalue weighted by Crippen LogP contribution is 2.17. The number of rotatable bonds is 4. The molecule has 18 heavy (non-hydrogen) atoms. The van der Waals surface area contributed by atoms with Gasteiger partial charge in [0.1, 0.15) is 0 Å². The van der Waals surface area contributed by atoms with Crippen LogP contribution in [0.15, 0.2) is 18.2 Å². The highest BCUT2D eigenvalue weighted by Gasteiger charge is 2.15. The molecule has 1 aliphatic carbocycles. The summed E-state index contributed by atoms with van der Waals surface area (Å²) in [6.45, 7) is 4.55. The van der Waals surface area contributed by atoms with Crippen LogP contribution in [0, 0.1) is 13.8 Å². The average molecular weight is 245 g/mol. The first-order chi connectivity index (χ1) is 8.66. The van der Waals surface area contributed by atoms with Crippen molar-refractivity contribution in [1.82, 2.24) is 5.32 Å². The zero-order chi connectivity index (χ0) is 13.0. The van der Waals surface area contributed by atoms with Crippen LogP contribution in [-0.2, 0) is 0 Å². The number of ketones is 1. The fourth-order valence-electron chi connectivity index (χ4n) is 2.77. The molecule has 1 aromatic carbocycles. The van der Waals surface area contributed by atoms with Crippen molar-refractivity contribution in [2.75, 3.05) is 6.54 Å². The first kappa shape index (κ1) is 13.3. The summed E-state index contributed by atoms with van der Waals surface area (Å²) in [5.41, 5.74) is 3.17. The lowest BCUT2D eigenvalue weighted by Gasteiger charge is -2.22. The molecule has 0 aromatic heterocycles. The van der Waals surface area contributed by atoms with Gasteiger partial charge in [-0.1, -0.05) is 43.0 Å². The van der Waals surface area contributed by atoms with Crippen molar-refractivity contribution in [3.05, 3.63) is 34.9 Å². The Morgan fingerprint density at radius 3 is 2.61 bits per heavy atom. The Labute approximate surface area is 110 Å². The Balaban J connectivity index is 1.90. The highest BCUT2D eigenvalue weighted by atomic mass is 16.1. The average Bonchev–Trinajstić information content (AvgIpc) is 2.37. The Morgan fingerprint density at radius 2 is 1.94 bits per heavy atom. The monoisotopic (exact) mass is 245 g/mol. The van der Waals surface area contributed by atoms with Crippen molar-refractivity contribution in [1.29, 1.82) is 0 Å². The predicted molar refractivity (Wildman–Crippen MR) is 75.1 cm³/mol. The van der Waals surface area contributed by atoms with Gasteiger partial charge in [0.2, 0.25) is 0 Å². The van der Waals surface area contributed by atoms with Gasteiger partial charge in [0, 0.05) is 11.6 Å². The van der Waals surface area contributed by atoms with E-state index in [-0.39, 0.29) is 5.78 Å². The molecule has 0 aliphatic heterocycles. The van der Waals surface area contributed by atoms with Crippen molar-refractivity contribution in [3.63, 3.8) is 0 Å². The van der Waals surface area contributed by atoms with Crippen molar-refractivity contribution in [3.8, 4) is 0 Å². The van der Waals surface area contributed by atoms with Gasteiger partial charge >= 0.3 is 0 Å². The summed E-state index contributed by atoms with van der Waals surface area (Å²) in [6, 6.07) is 6.60. The maximum Gasteiger partial charge on any atom is 0.176 e. The molecule has 1 aliphatic rings. The lowest BCUT2D eigenvalue weighted by atomic mass is 9.95. The fraction of sp³-hybridized carbons (Fsp3) is 0.562. The van der Waals surface area contributed by atoms with E-state index in [0.29, 0.717) is 12.6 Å². The number of aryl methyl sites for hydroxylation is 2. The van der Waals surface area contributed by atoms with E-state index in [4.69, 9.17) is 0 Å². The molecule has 0 saturated heterocycles. The molecule has 1 N–H and O–H groups in total. The molecule has 0 heterocycles. The van der Waals surface area contributed by atoms with Crippen molar-refractivity contribution in [2.45, 2.75) is 52.0 Å². The predicted octanol–water partition coefficient (Wildman–Crippen LogP) is 3.41. The van der Waals surface area contributed by atoms with E-state index >= 15 is 0 Å². The first-order valence-corrected chi connectivity index (χ1v) is 7.00. The van der Waals surface area contributed by atoms with E-state index in [1.54, 1.807) is 0 Å². The third-order valence-electron chi connectivity index (χ3n) is 3.84.